The van der Waals surface area contributed by atoms with E-state index in [-0.39, 0.29) is 18.3 Å². The molecule has 2 N–H and O–H groups in total. The van der Waals surface area contributed by atoms with E-state index in [0.717, 1.165) is 23.2 Å². The minimum absolute atomic E-state index is 0.140. The SMILES string of the molecule is CCc1ccc(NC(=O)CSc2nc(-c3ccccc3OC)nc3c2Cc2c(CO)cnc(C)c2O3)cc1. The molecule has 0 radical (unpaired) electrons. The van der Waals surface area contributed by atoms with Crippen molar-refractivity contribution in [2.75, 3.05) is 18.2 Å². The molecule has 38 heavy (non-hydrogen) atoms. The van der Waals surface area contributed by atoms with Crippen molar-refractivity contribution in [3.63, 3.8) is 0 Å². The van der Waals surface area contributed by atoms with Gasteiger partial charge in [0.15, 0.2) is 11.6 Å². The zero-order chi connectivity index (χ0) is 26.6. The zero-order valence-corrected chi connectivity index (χ0v) is 22.3. The number of benzene rings is 2. The summed E-state index contributed by atoms with van der Waals surface area (Å²) in [5.41, 5.74) is 5.69. The number of aliphatic hydroxyl groups is 1. The Balaban J connectivity index is 1.49. The molecule has 2 aromatic heterocycles. The van der Waals surface area contributed by atoms with Crippen LogP contribution in [0.4, 0.5) is 5.69 Å². The average Bonchev–Trinajstić information content (AvgIpc) is 2.95. The number of hydrogen-bond donors (Lipinski definition) is 2. The number of methoxy groups -OCH3 is 1. The van der Waals surface area contributed by atoms with E-state index in [0.29, 0.717) is 51.5 Å². The third-order valence-corrected chi connectivity index (χ3v) is 7.41. The Hall–Kier alpha value is -3.95. The van der Waals surface area contributed by atoms with Gasteiger partial charge in [-0.1, -0.05) is 43.0 Å². The molecule has 8 nitrogen and oxygen atoms in total. The molecule has 1 aliphatic heterocycles. The number of carbonyl (C=O) groups excluding carboxylic acids is 1. The lowest BCUT2D eigenvalue weighted by molar-refractivity contribution is -0.113. The summed E-state index contributed by atoms with van der Waals surface area (Å²) in [6.07, 6.45) is 3.06. The number of pyridine rings is 1. The molecule has 0 spiro atoms. The summed E-state index contributed by atoms with van der Waals surface area (Å²) in [7, 11) is 1.60. The van der Waals surface area contributed by atoms with Crippen LogP contribution in [0.1, 0.15) is 34.9 Å². The number of aromatic nitrogens is 3. The number of aryl methyl sites for hydroxylation is 2. The van der Waals surface area contributed by atoms with E-state index < -0.39 is 0 Å². The van der Waals surface area contributed by atoms with Crippen LogP contribution >= 0.6 is 11.8 Å². The third-order valence-electron chi connectivity index (χ3n) is 6.39. The Kier molecular flexibility index (Phi) is 7.57. The number of nitrogens with zero attached hydrogens (tertiary/aromatic N) is 3. The van der Waals surface area contributed by atoms with Crippen LogP contribution in [-0.4, -0.2) is 38.8 Å². The van der Waals surface area contributed by atoms with Gasteiger partial charge >= 0.3 is 0 Å². The molecule has 0 saturated heterocycles. The van der Waals surface area contributed by atoms with Crippen molar-refractivity contribution in [2.45, 2.75) is 38.3 Å². The Morgan fingerprint density at radius 2 is 1.92 bits per heavy atom. The van der Waals surface area contributed by atoms with Crippen molar-refractivity contribution in [3.05, 3.63) is 82.7 Å². The fraction of sp³-hybridized carbons (Fsp3) is 0.241. The minimum Gasteiger partial charge on any atom is -0.496 e. The smallest absolute Gasteiger partial charge is 0.234 e. The van der Waals surface area contributed by atoms with Crippen LogP contribution in [0.2, 0.25) is 0 Å². The second-order valence-electron chi connectivity index (χ2n) is 8.84. The second kappa shape index (κ2) is 11.2. The molecule has 4 aromatic rings. The predicted octanol–water partition coefficient (Wildman–Crippen LogP) is 5.34. The maximum atomic E-state index is 12.8. The lowest BCUT2D eigenvalue weighted by Crippen LogP contribution is -2.16. The normalized spacial score (nSPS) is 11.8. The Morgan fingerprint density at radius 3 is 2.66 bits per heavy atom. The molecule has 5 rings (SSSR count). The van der Waals surface area contributed by atoms with Crippen LogP contribution in [0, 0.1) is 6.92 Å². The van der Waals surface area contributed by atoms with E-state index in [1.165, 1.54) is 17.3 Å². The number of carbonyl (C=O) groups is 1. The molecule has 0 bridgehead atoms. The van der Waals surface area contributed by atoms with Crippen LogP contribution in [0.15, 0.2) is 59.8 Å². The standard InChI is InChI=1S/C29H28N4O4S/c1-4-18-9-11-20(12-10-18)31-25(35)16-38-29-23-13-22-19(15-34)14-30-17(2)26(22)37-28(23)32-27(33-29)21-7-5-6-8-24(21)36-3/h5-12,14,34H,4,13,15-16H2,1-3H3,(H,31,35). The van der Waals surface area contributed by atoms with Gasteiger partial charge in [-0.15, -0.1) is 0 Å². The molecule has 1 amide bonds. The summed E-state index contributed by atoms with van der Waals surface area (Å²) in [4.78, 5) is 26.8. The highest BCUT2D eigenvalue weighted by atomic mass is 32.2. The van der Waals surface area contributed by atoms with Gasteiger partial charge in [-0.25, -0.2) is 4.98 Å². The van der Waals surface area contributed by atoms with E-state index in [2.05, 4.69) is 17.2 Å². The van der Waals surface area contributed by atoms with Crippen molar-refractivity contribution >= 4 is 23.4 Å². The van der Waals surface area contributed by atoms with Crippen molar-refractivity contribution in [2.24, 2.45) is 0 Å². The lowest BCUT2D eigenvalue weighted by Gasteiger charge is -2.24. The molecule has 0 aliphatic carbocycles. The Bertz CT molecular complexity index is 1490. The van der Waals surface area contributed by atoms with E-state index in [9.17, 15) is 9.90 Å². The fourth-order valence-electron chi connectivity index (χ4n) is 4.32. The highest BCUT2D eigenvalue weighted by Crippen LogP contribution is 2.43. The molecule has 2 aromatic carbocycles. The first-order chi connectivity index (χ1) is 18.5. The first kappa shape index (κ1) is 25.7. The summed E-state index contributed by atoms with van der Waals surface area (Å²) in [5.74, 6) is 2.09. The molecule has 0 fully saturated rings. The maximum absolute atomic E-state index is 12.8. The molecule has 0 unspecified atom stereocenters. The van der Waals surface area contributed by atoms with Crippen LogP contribution in [0.25, 0.3) is 11.4 Å². The van der Waals surface area contributed by atoms with E-state index >= 15 is 0 Å². The highest BCUT2D eigenvalue weighted by Gasteiger charge is 2.28. The van der Waals surface area contributed by atoms with Gasteiger partial charge in [-0.05, 0) is 43.2 Å². The molecule has 194 valence electrons. The van der Waals surface area contributed by atoms with Crippen molar-refractivity contribution in [1.82, 2.24) is 15.0 Å². The monoisotopic (exact) mass is 528 g/mol. The largest absolute Gasteiger partial charge is 0.496 e. The van der Waals surface area contributed by atoms with Gasteiger partial charge in [0, 0.05) is 29.4 Å². The topological polar surface area (TPSA) is 106 Å². The first-order valence-electron chi connectivity index (χ1n) is 12.3. The van der Waals surface area contributed by atoms with Gasteiger partial charge in [0.25, 0.3) is 0 Å². The number of amides is 1. The van der Waals surface area contributed by atoms with Gasteiger partial charge in [-0.2, -0.15) is 4.98 Å². The molecule has 0 saturated carbocycles. The number of aliphatic hydroxyl groups excluding tert-OH is 1. The fourth-order valence-corrected chi connectivity index (χ4v) is 5.14. The number of para-hydroxylation sites is 1. The van der Waals surface area contributed by atoms with E-state index in [1.54, 1.807) is 13.3 Å². The Labute approximate surface area is 225 Å². The number of thioether (sulfide) groups is 1. The number of fused-ring (bicyclic) bond motifs is 2. The number of nitrogens with one attached hydrogen (secondary N) is 1. The molecular weight excluding hydrogens is 500 g/mol. The van der Waals surface area contributed by atoms with Crippen molar-refractivity contribution < 1.29 is 19.4 Å². The summed E-state index contributed by atoms with van der Waals surface area (Å²) in [6, 6.07) is 15.3. The summed E-state index contributed by atoms with van der Waals surface area (Å²) in [6.45, 7) is 3.80. The van der Waals surface area contributed by atoms with Crippen molar-refractivity contribution in [1.29, 1.82) is 0 Å². The lowest BCUT2D eigenvalue weighted by atomic mass is 9.99. The summed E-state index contributed by atoms with van der Waals surface area (Å²) < 4.78 is 11.8. The summed E-state index contributed by atoms with van der Waals surface area (Å²) >= 11 is 1.32. The second-order valence-corrected chi connectivity index (χ2v) is 9.80. The van der Waals surface area contributed by atoms with Crippen LogP contribution in [0.5, 0.6) is 17.4 Å². The van der Waals surface area contributed by atoms with E-state index in [4.69, 9.17) is 19.4 Å². The zero-order valence-electron chi connectivity index (χ0n) is 21.4. The molecule has 3 heterocycles. The average molecular weight is 529 g/mol. The Morgan fingerprint density at radius 1 is 1.13 bits per heavy atom. The van der Waals surface area contributed by atoms with Gasteiger partial charge in [0.1, 0.15) is 10.8 Å². The summed E-state index contributed by atoms with van der Waals surface area (Å²) in [5, 5.41) is 13.5. The number of hydrogen-bond acceptors (Lipinski definition) is 8. The number of anilines is 1. The maximum Gasteiger partial charge on any atom is 0.234 e. The first-order valence-corrected chi connectivity index (χ1v) is 13.3. The minimum atomic E-state index is -0.157. The molecule has 0 atom stereocenters. The predicted molar refractivity (Wildman–Crippen MR) is 147 cm³/mol. The quantitative estimate of drug-likeness (QED) is 0.205. The number of ether oxygens (including phenoxy) is 2. The van der Waals surface area contributed by atoms with Crippen LogP contribution in [-0.2, 0) is 24.2 Å². The van der Waals surface area contributed by atoms with E-state index in [1.807, 2.05) is 55.5 Å². The highest BCUT2D eigenvalue weighted by molar-refractivity contribution is 8.00. The third kappa shape index (κ3) is 5.20. The van der Waals surface area contributed by atoms with Crippen LogP contribution in [0.3, 0.4) is 0 Å². The molecule has 1 aliphatic rings. The van der Waals surface area contributed by atoms with Gasteiger partial charge in [0.2, 0.25) is 11.8 Å². The number of rotatable bonds is 8. The molecule has 9 heteroatoms. The molecular formula is C29H28N4O4S. The van der Waals surface area contributed by atoms with Gasteiger partial charge in [0.05, 0.1) is 36.3 Å². The van der Waals surface area contributed by atoms with Gasteiger partial charge < -0.3 is 19.9 Å². The van der Waals surface area contributed by atoms with Crippen molar-refractivity contribution in [3.8, 4) is 28.8 Å². The van der Waals surface area contributed by atoms with Gasteiger partial charge in [-0.3, -0.25) is 9.78 Å². The van der Waals surface area contributed by atoms with Crippen LogP contribution < -0.4 is 14.8 Å².